The molecule has 1 aromatic rings. The van der Waals surface area contributed by atoms with Gasteiger partial charge in [-0.1, -0.05) is 6.07 Å². The van der Waals surface area contributed by atoms with Crippen LogP contribution in [0.15, 0.2) is 17.5 Å². The van der Waals surface area contributed by atoms with Crippen LogP contribution in [0.4, 0.5) is 0 Å². The molecule has 0 fully saturated rings. The van der Waals surface area contributed by atoms with Crippen molar-refractivity contribution in [1.82, 2.24) is 5.32 Å². The van der Waals surface area contributed by atoms with Crippen LogP contribution in [0.1, 0.15) is 17.8 Å². The zero-order valence-electron chi connectivity index (χ0n) is 7.93. The fourth-order valence-electron chi connectivity index (χ4n) is 1.06. The normalized spacial score (nSPS) is 14.1. The second-order valence-electron chi connectivity index (χ2n) is 3.06. The fraction of sp³-hybridized carbons (Fsp3) is 0.500. The molecule has 1 rings (SSSR count). The minimum atomic E-state index is -3.35. The molecule has 0 saturated carbocycles. The fourth-order valence-corrected chi connectivity index (χ4v) is 2.22. The minimum Gasteiger partial charge on any atom is -0.308 e. The smallest absolute Gasteiger partial charge is 0.210 e. The molecule has 1 aromatic heterocycles. The predicted molar refractivity (Wildman–Crippen MR) is 58.7 cm³/mol. The molecule has 1 atom stereocenters. The van der Waals surface area contributed by atoms with Gasteiger partial charge < -0.3 is 5.32 Å². The first-order chi connectivity index (χ1) is 6.49. The van der Waals surface area contributed by atoms with Crippen molar-refractivity contribution in [3.8, 4) is 0 Å². The van der Waals surface area contributed by atoms with E-state index >= 15 is 0 Å². The average molecular weight is 234 g/mol. The van der Waals surface area contributed by atoms with Gasteiger partial charge in [0, 0.05) is 17.5 Å². The van der Waals surface area contributed by atoms with Gasteiger partial charge in [0.2, 0.25) is 10.0 Å². The van der Waals surface area contributed by atoms with Crippen LogP contribution in [-0.2, 0) is 10.0 Å². The van der Waals surface area contributed by atoms with E-state index in [4.69, 9.17) is 5.14 Å². The molecule has 3 N–H and O–H groups in total. The topological polar surface area (TPSA) is 72.2 Å². The van der Waals surface area contributed by atoms with Crippen molar-refractivity contribution in [2.45, 2.75) is 13.0 Å². The SMILES string of the molecule is C[C@H](NCCS(N)(=O)=O)c1cccs1. The first-order valence-electron chi connectivity index (χ1n) is 4.26. The zero-order valence-corrected chi connectivity index (χ0v) is 9.57. The molecule has 0 aliphatic rings. The van der Waals surface area contributed by atoms with E-state index in [0.717, 1.165) is 0 Å². The molecule has 0 aliphatic heterocycles. The van der Waals surface area contributed by atoms with Crippen molar-refractivity contribution in [2.24, 2.45) is 5.14 Å². The van der Waals surface area contributed by atoms with E-state index in [1.54, 1.807) is 11.3 Å². The van der Waals surface area contributed by atoms with Crippen molar-refractivity contribution >= 4 is 21.4 Å². The number of hydrogen-bond donors (Lipinski definition) is 2. The van der Waals surface area contributed by atoms with Gasteiger partial charge in [0.1, 0.15) is 0 Å². The van der Waals surface area contributed by atoms with E-state index in [-0.39, 0.29) is 11.8 Å². The second kappa shape index (κ2) is 4.88. The molecule has 0 aliphatic carbocycles. The van der Waals surface area contributed by atoms with Crippen LogP contribution in [0, 0.1) is 0 Å². The zero-order chi connectivity index (χ0) is 10.6. The van der Waals surface area contributed by atoms with Crippen molar-refractivity contribution in [2.75, 3.05) is 12.3 Å². The lowest BCUT2D eigenvalue weighted by molar-refractivity contribution is 0.577. The van der Waals surface area contributed by atoms with Crippen LogP contribution in [0.3, 0.4) is 0 Å². The Morgan fingerprint density at radius 2 is 2.36 bits per heavy atom. The van der Waals surface area contributed by atoms with Crippen LogP contribution >= 0.6 is 11.3 Å². The van der Waals surface area contributed by atoms with Gasteiger partial charge in [-0.3, -0.25) is 0 Å². The van der Waals surface area contributed by atoms with E-state index in [1.165, 1.54) is 4.88 Å². The van der Waals surface area contributed by atoms with Crippen molar-refractivity contribution in [3.63, 3.8) is 0 Å². The van der Waals surface area contributed by atoms with E-state index in [9.17, 15) is 8.42 Å². The molecule has 0 radical (unpaired) electrons. The Morgan fingerprint density at radius 1 is 1.64 bits per heavy atom. The Morgan fingerprint density at radius 3 is 2.86 bits per heavy atom. The Balaban J connectivity index is 2.33. The number of thiophene rings is 1. The van der Waals surface area contributed by atoms with Gasteiger partial charge >= 0.3 is 0 Å². The van der Waals surface area contributed by atoms with Crippen LogP contribution in [0.25, 0.3) is 0 Å². The van der Waals surface area contributed by atoms with Gasteiger partial charge in [0.25, 0.3) is 0 Å². The summed E-state index contributed by atoms with van der Waals surface area (Å²) in [6, 6.07) is 4.16. The third-order valence-corrected chi connectivity index (χ3v) is 3.64. The summed E-state index contributed by atoms with van der Waals surface area (Å²) in [7, 11) is -3.35. The molecule has 0 bridgehead atoms. The van der Waals surface area contributed by atoms with Gasteiger partial charge in [0.15, 0.2) is 0 Å². The molecule has 14 heavy (non-hydrogen) atoms. The third kappa shape index (κ3) is 4.19. The molecule has 0 saturated heterocycles. The monoisotopic (exact) mass is 234 g/mol. The number of nitrogens with two attached hydrogens (primary N) is 1. The highest BCUT2D eigenvalue weighted by Crippen LogP contribution is 2.17. The van der Waals surface area contributed by atoms with Crippen molar-refractivity contribution in [1.29, 1.82) is 0 Å². The maximum Gasteiger partial charge on any atom is 0.210 e. The van der Waals surface area contributed by atoms with E-state index in [0.29, 0.717) is 6.54 Å². The summed E-state index contributed by atoms with van der Waals surface area (Å²) in [5.41, 5.74) is 0. The van der Waals surface area contributed by atoms with Crippen molar-refractivity contribution < 1.29 is 8.42 Å². The molecule has 1 heterocycles. The molecule has 80 valence electrons. The molecular weight excluding hydrogens is 220 g/mol. The van der Waals surface area contributed by atoms with Gasteiger partial charge in [0.05, 0.1) is 5.75 Å². The van der Waals surface area contributed by atoms with Gasteiger partial charge in [-0.05, 0) is 18.4 Å². The summed E-state index contributed by atoms with van der Waals surface area (Å²) in [6.07, 6.45) is 0. The molecule has 6 heteroatoms. The Labute approximate surface area is 88.2 Å². The maximum atomic E-state index is 10.6. The quantitative estimate of drug-likeness (QED) is 0.787. The molecular formula is C8H14N2O2S2. The van der Waals surface area contributed by atoms with Gasteiger partial charge in [-0.15, -0.1) is 11.3 Å². The minimum absolute atomic E-state index is 0.0251. The third-order valence-electron chi connectivity index (χ3n) is 1.81. The number of nitrogens with one attached hydrogen (secondary N) is 1. The standard InChI is InChI=1S/C8H14N2O2S2/c1-7(8-3-2-5-13-8)10-4-6-14(9,11)12/h2-3,5,7,10H,4,6H2,1H3,(H2,9,11,12)/t7-/m0/s1. The molecule has 0 amide bonds. The van der Waals surface area contributed by atoms with Gasteiger partial charge in [-0.25, -0.2) is 13.6 Å². The van der Waals surface area contributed by atoms with Crippen LogP contribution in [0.5, 0.6) is 0 Å². The van der Waals surface area contributed by atoms with E-state index in [2.05, 4.69) is 5.32 Å². The summed E-state index contributed by atoms with van der Waals surface area (Å²) in [5.74, 6) is -0.0251. The average Bonchev–Trinajstić information content (AvgIpc) is 2.53. The van der Waals surface area contributed by atoms with Crippen LogP contribution in [0.2, 0.25) is 0 Å². The van der Waals surface area contributed by atoms with Crippen LogP contribution < -0.4 is 10.5 Å². The lowest BCUT2D eigenvalue weighted by Gasteiger charge is -2.10. The first kappa shape index (κ1) is 11.6. The highest BCUT2D eigenvalue weighted by molar-refractivity contribution is 7.89. The Bertz CT molecular complexity index is 359. The summed E-state index contributed by atoms with van der Waals surface area (Å²) in [6.45, 7) is 2.38. The highest BCUT2D eigenvalue weighted by Gasteiger charge is 2.07. The lowest BCUT2D eigenvalue weighted by Crippen LogP contribution is -2.28. The van der Waals surface area contributed by atoms with Crippen molar-refractivity contribution in [3.05, 3.63) is 22.4 Å². The molecule has 0 aromatic carbocycles. The molecule has 4 nitrogen and oxygen atoms in total. The largest absolute Gasteiger partial charge is 0.308 e. The number of primary sulfonamides is 1. The summed E-state index contributed by atoms with van der Waals surface area (Å²) in [5, 5.41) is 9.96. The first-order valence-corrected chi connectivity index (χ1v) is 6.86. The Kier molecular flexibility index (Phi) is 4.06. The van der Waals surface area contributed by atoms with Gasteiger partial charge in [-0.2, -0.15) is 0 Å². The van der Waals surface area contributed by atoms with E-state index in [1.807, 2.05) is 24.4 Å². The summed E-state index contributed by atoms with van der Waals surface area (Å²) >= 11 is 1.65. The predicted octanol–water partition coefficient (Wildman–Crippen LogP) is 0.687. The number of sulfonamides is 1. The Hall–Kier alpha value is -0.430. The van der Waals surface area contributed by atoms with Crippen LogP contribution in [-0.4, -0.2) is 20.7 Å². The number of hydrogen-bond acceptors (Lipinski definition) is 4. The summed E-state index contributed by atoms with van der Waals surface area (Å²) < 4.78 is 21.3. The number of rotatable bonds is 5. The second-order valence-corrected chi connectivity index (χ2v) is 5.77. The molecule has 0 spiro atoms. The molecule has 0 unspecified atom stereocenters. The summed E-state index contributed by atoms with van der Waals surface area (Å²) in [4.78, 5) is 1.19. The lowest BCUT2D eigenvalue weighted by atomic mass is 10.3. The maximum absolute atomic E-state index is 10.6. The van der Waals surface area contributed by atoms with E-state index < -0.39 is 10.0 Å². The highest BCUT2D eigenvalue weighted by atomic mass is 32.2.